The van der Waals surface area contributed by atoms with Crippen LogP contribution in [0, 0.1) is 5.82 Å². The third-order valence-electron chi connectivity index (χ3n) is 3.40. The fourth-order valence-electron chi connectivity index (χ4n) is 2.29. The molecule has 0 amide bonds. The largest absolute Gasteiger partial charge is 0.459 e. The van der Waals surface area contributed by atoms with Crippen molar-refractivity contribution < 1.29 is 22.8 Å². The van der Waals surface area contributed by atoms with Gasteiger partial charge < -0.3 is 13.6 Å². The van der Waals surface area contributed by atoms with Crippen molar-refractivity contribution in [3.8, 4) is 11.3 Å². The van der Waals surface area contributed by atoms with Gasteiger partial charge in [-0.15, -0.1) is 0 Å². The van der Waals surface area contributed by atoms with E-state index in [2.05, 4.69) is 4.99 Å². The summed E-state index contributed by atoms with van der Waals surface area (Å²) < 4.78 is 29.5. The molecule has 4 rings (SSSR count). The van der Waals surface area contributed by atoms with Gasteiger partial charge in [0, 0.05) is 6.08 Å². The maximum atomic E-state index is 13.8. The number of hydrogen-bond acceptors (Lipinski definition) is 5. The van der Waals surface area contributed by atoms with E-state index in [1.165, 1.54) is 18.4 Å². The van der Waals surface area contributed by atoms with Gasteiger partial charge in [-0.05, 0) is 36.4 Å². The van der Waals surface area contributed by atoms with Crippen LogP contribution in [0.2, 0.25) is 0 Å². The van der Waals surface area contributed by atoms with E-state index in [1.54, 1.807) is 42.5 Å². The van der Waals surface area contributed by atoms with Gasteiger partial charge in [-0.25, -0.2) is 14.2 Å². The SMILES string of the molecule is O=C1OC(c2ccco2)=NC1=Cc1ccc(-c2ccccc2F)o1. The van der Waals surface area contributed by atoms with Crippen LogP contribution in [-0.4, -0.2) is 11.9 Å². The molecule has 5 nitrogen and oxygen atoms in total. The summed E-state index contributed by atoms with van der Waals surface area (Å²) in [6.07, 6.45) is 2.89. The van der Waals surface area contributed by atoms with E-state index in [1.807, 2.05) is 0 Å². The number of rotatable bonds is 3. The highest BCUT2D eigenvalue weighted by molar-refractivity contribution is 6.11. The van der Waals surface area contributed by atoms with Gasteiger partial charge in [-0.3, -0.25) is 0 Å². The predicted octanol–water partition coefficient (Wildman–Crippen LogP) is 4.02. The smallest absolute Gasteiger partial charge is 0.364 e. The molecule has 118 valence electrons. The predicted molar refractivity (Wildman–Crippen MR) is 83.4 cm³/mol. The highest BCUT2D eigenvalue weighted by Gasteiger charge is 2.26. The molecule has 0 saturated heterocycles. The van der Waals surface area contributed by atoms with Gasteiger partial charge in [0.1, 0.15) is 17.3 Å². The quantitative estimate of drug-likeness (QED) is 0.539. The van der Waals surface area contributed by atoms with Crippen LogP contribution in [0.5, 0.6) is 0 Å². The van der Waals surface area contributed by atoms with Gasteiger partial charge >= 0.3 is 5.97 Å². The van der Waals surface area contributed by atoms with Crippen LogP contribution < -0.4 is 0 Å². The Bertz CT molecular complexity index is 967. The fraction of sp³-hybridized carbons (Fsp3) is 0. The maximum Gasteiger partial charge on any atom is 0.364 e. The molecule has 0 atom stereocenters. The van der Waals surface area contributed by atoms with E-state index in [0.29, 0.717) is 22.8 Å². The fourth-order valence-corrected chi connectivity index (χ4v) is 2.29. The zero-order valence-corrected chi connectivity index (χ0v) is 12.2. The van der Waals surface area contributed by atoms with Crippen molar-refractivity contribution in [1.29, 1.82) is 0 Å². The number of nitrogens with zero attached hydrogens (tertiary/aromatic N) is 1. The lowest BCUT2D eigenvalue weighted by molar-refractivity contribution is -0.130. The lowest BCUT2D eigenvalue weighted by Crippen LogP contribution is -2.04. The summed E-state index contributed by atoms with van der Waals surface area (Å²) in [4.78, 5) is 16.0. The monoisotopic (exact) mass is 323 g/mol. The lowest BCUT2D eigenvalue weighted by atomic mass is 10.1. The van der Waals surface area contributed by atoms with E-state index in [-0.39, 0.29) is 17.4 Å². The first kappa shape index (κ1) is 14.2. The minimum absolute atomic E-state index is 0.0795. The molecule has 0 N–H and O–H groups in total. The van der Waals surface area contributed by atoms with Crippen molar-refractivity contribution in [2.24, 2.45) is 4.99 Å². The summed E-state index contributed by atoms with van der Waals surface area (Å²) in [7, 11) is 0. The van der Waals surface area contributed by atoms with Crippen LogP contribution in [0.3, 0.4) is 0 Å². The molecule has 24 heavy (non-hydrogen) atoms. The molecule has 0 unspecified atom stereocenters. The van der Waals surface area contributed by atoms with Crippen LogP contribution >= 0.6 is 0 Å². The molecule has 0 fully saturated rings. The van der Waals surface area contributed by atoms with Gasteiger partial charge in [-0.2, -0.15) is 0 Å². The number of cyclic esters (lactones) is 1. The van der Waals surface area contributed by atoms with E-state index in [0.717, 1.165) is 0 Å². The molecule has 6 heteroatoms. The number of carbonyl (C=O) groups is 1. The molecule has 0 radical (unpaired) electrons. The van der Waals surface area contributed by atoms with E-state index >= 15 is 0 Å². The van der Waals surface area contributed by atoms with Crippen LogP contribution in [0.4, 0.5) is 4.39 Å². The molecule has 0 spiro atoms. The van der Waals surface area contributed by atoms with E-state index < -0.39 is 5.97 Å². The molecule has 3 heterocycles. The minimum atomic E-state index is -0.606. The Hall–Kier alpha value is -3.41. The molecule has 0 aliphatic carbocycles. The molecule has 1 aliphatic heterocycles. The van der Waals surface area contributed by atoms with Crippen molar-refractivity contribution in [2.75, 3.05) is 0 Å². The Labute approximate surface area is 135 Å². The number of halogens is 1. The number of esters is 1. The van der Waals surface area contributed by atoms with Gasteiger partial charge in [0.15, 0.2) is 11.5 Å². The normalized spacial score (nSPS) is 15.6. The lowest BCUT2D eigenvalue weighted by Gasteiger charge is -1.97. The summed E-state index contributed by atoms with van der Waals surface area (Å²) in [6, 6.07) is 12.8. The van der Waals surface area contributed by atoms with Gasteiger partial charge in [0.05, 0.1) is 11.8 Å². The summed E-state index contributed by atoms with van der Waals surface area (Å²) in [5.74, 6) is 0.191. The standard InChI is InChI=1S/C18H10FNO4/c19-13-5-2-1-4-12(13)15-8-7-11(23-15)10-14-18(21)24-17(20-14)16-6-3-9-22-16/h1-10H. The van der Waals surface area contributed by atoms with Crippen molar-refractivity contribution in [2.45, 2.75) is 0 Å². The number of ether oxygens (including phenoxy) is 1. The Kier molecular flexibility index (Phi) is 3.35. The molecular weight excluding hydrogens is 313 g/mol. The van der Waals surface area contributed by atoms with Gasteiger partial charge in [0.2, 0.25) is 0 Å². The summed E-state index contributed by atoms with van der Waals surface area (Å²) >= 11 is 0. The second-order valence-corrected chi connectivity index (χ2v) is 5.00. The van der Waals surface area contributed by atoms with E-state index in [4.69, 9.17) is 13.6 Å². The summed E-state index contributed by atoms with van der Waals surface area (Å²) in [5.41, 5.74) is 0.423. The average molecular weight is 323 g/mol. The molecule has 3 aromatic rings. The third kappa shape index (κ3) is 2.54. The Morgan fingerprint density at radius 1 is 1.00 bits per heavy atom. The zero-order chi connectivity index (χ0) is 16.5. The van der Waals surface area contributed by atoms with Crippen molar-refractivity contribution in [3.63, 3.8) is 0 Å². The average Bonchev–Trinajstić information content (AvgIpc) is 3.30. The molecule has 1 aliphatic rings. The number of carbonyl (C=O) groups excluding carboxylic acids is 1. The summed E-state index contributed by atoms with van der Waals surface area (Å²) in [6.45, 7) is 0. The zero-order valence-electron chi connectivity index (χ0n) is 12.2. The second kappa shape index (κ2) is 5.66. The first-order valence-corrected chi connectivity index (χ1v) is 7.12. The molecule has 0 bridgehead atoms. The molecule has 1 aromatic carbocycles. The summed E-state index contributed by atoms with van der Waals surface area (Å²) in [5, 5.41) is 0. The van der Waals surface area contributed by atoms with Crippen LogP contribution in [0.1, 0.15) is 11.5 Å². The van der Waals surface area contributed by atoms with E-state index in [9.17, 15) is 9.18 Å². The Morgan fingerprint density at radius 3 is 2.67 bits per heavy atom. The Balaban J connectivity index is 1.65. The number of benzene rings is 1. The molecular formula is C18H10FNO4. The first-order valence-electron chi connectivity index (χ1n) is 7.12. The van der Waals surface area contributed by atoms with Crippen LogP contribution in [-0.2, 0) is 9.53 Å². The highest BCUT2D eigenvalue weighted by Crippen LogP contribution is 2.27. The highest BCUT2D eigenvalue weighted by atomic mass is 19.1. The first-order chi connectivity index (χ1) is 11.7. The maximum absolute atomic E-state index is 13.8. The number of furan rings is 2. The minimum Gasteiger partial charge on any atom is -0.459 e. The van der Waals surface area contributed by atoms with Crippen molar-refractivity contribution >= 4 is 17.9 Å². The van der Waals surface area contributed by atoms with Crippen molar-refractivity contribution in [1.82, 2.24) is 0 Å². The molecule has 2 aromatic heterocycles. The number of hydrogen-bond donors (Lipinski definition) is 0. The topological polar surface area (TPSA) is 64.9 Å². The number of aliphatic imine (C=N–C) groups is 1. The van der Waals surface area contributed by atoms with Gasteiger partial charge in [0.25, 0.3) is 5.90 Å². The van der Waals surface area contributed by atoms with Crippen molar-refractivity contribution in [3.05, 3.63) is 77.8 Å². The third-order valence-corrected chi connectivity index (χ3v) is 3.40. The molecule has 0 saturated carbocycles. The van der Waals surface area contributed by atoms with Crippen LogP contribution in [0.15, 0.2) is 74.3 Å². The van der Waals surface area contributed by atoms with Crippen LogP contribution in [0.25, 0.3) is 17.4 Å². The second-order valence-electron chi connectivity index (χ2n) is 5.00. The van der Waals surface area contributed by atoms with Gasteiger partial charge in [-0.1, -0.05) is 12.1 Å². The Morgan fingerprint density at radius 2 is 1.88 bits per heavy atom.